The van der Waals surface area contributed by atoms with Crippen LogP contribution in [0.25, 0.3) is 0 Å². The molecule has 0 saturated carbocycles. The van der Waals surface area contributed by atoms with Gasteiger partial charge in [0.2, 0.25) is 0 Å². The fourth-order valence-corrected chi connectivity index (χ4v) is 3.01. The smallest absolute Gasteiger partial charge is 0.336 e. The molecule has 0 amide bonds. The number of rotatable bonds is 4. The van der Waals surface area contributed by atoms with E-state index in [1.54, 1.807) is 19.1 Å². The van der Waals surface area contributed by atoms with Gasteiger partial charge in [-0.15, -0.1) is 0 Å². The minimum atomic E-state index is -1.06. The van der Waals surface area contributed by atoms with Crippen LogP contribution >= 0.6 is 0 Å². The number of carboxylic acids is 1. The molecule has 0 unspecified atom stereocenters. The summed E-state index contributed by atoms with van der Waals surface area (Å²) in [4.78, 5) is 32.7. The predicted octanol–water partition coefficient (Wildman–Crippen LogP) is 4.69. The van der Waals surface area contributed by atoms with Gasteiger partial charge in [0, 0.05) is 12.0 Å². The van der Waals surface area contributed by atoms with E-state index >= 15 is 0 Å². The molecule has 130 valence electrons. The SMILES string of the molecule is CC1=C(C=O)C(C)(C)CCC1.CCC(=O)c1ccccc1C(=O)O. The van der Waals surface area contributed by atoms with Crippen LogP contribution in [-0.4, -0.2) is 23.1 Å². The quantitative estimate of drug-likeness (QED) is 0.642. The molecule has 1 aromatic carbocycles. The summed E-state index contributed by atoms with van der Waals surface area (Å²) in [5.74, 6) is -1.20. The summed E-state index contributed by atoms with van der Waals surface area (Å²) in [5.41, 5.74) is 2.82. The highest BCUT2D eigenvalue weighted by Crippen LogP contribution is 2.38. The summed E-state index contributed by atoms with van der Waals surface area (Å²) in [6.07, 6.45) is 4.85. The Morgan fingerprint density at radius 3 is 2.21 bits per heavy atom. The highest BCUT2D eigenvalue weighted by molar-refractivity contribution is 6.05. The minimum absolute atomic E-state index is 0.0781. The van der Waals surface area contributed by atoms with Crippen LogP contribution in [0, 0.1) is 5.41 Å². The van der Waals surface area contributed by atoms with Crippen LogP contribution in [0.3, 0.4) is 0 Å². The third kappa shape index (κ3) is 4.88. The van der Waals surface area contributed by atoms with Gasteiger partial charge in [0.1, 0.15) is 6.29 Å². The zero-order valence-electron chi connectivity index (χ0n) is 14.9. The Morgan fingerprint density at radius 2 is 1.79 bits per heavy atom. The molecule has 1 N–H and O–H groups in total. The summed E-state index contributed by atoms with van der Waals surface area (Å²) in [5, 5.41) is 8.76. The first-order valence-corrected chi connectivity index (χ1v) is 8.25. The van der Waals surface area contributed by atoms with Crippen LogP contribution in [-0.2, 0) is 4.79 Å². The zero-order chi connectivity index (χ0) is 18.3. The maximum atomic E-state index is 11.3. The first-order valence-electron chi connectivity index (χ1n) is 8.25. The lowest BCUT2D eigenvalue weighted by atomic mass is 9.73. The molecule has 0 fully saturated rings. The molecule has 24 heavy (non-hydrogen) atoms. The summed E-state index contributed by atoms with van der Waals surface area (Å²) < 4.78 is 0. The lowest BCUT2D eigenvalue weighted by molar-refractivity contribution is -0.106. The number of aromatic carboxylic acids is 1. The number of benzene rings is 1. The predicted molar refractivity (Wildman–Crippen MR) is 94.4 cm³/mol. The highest BCUT2D eigenvalue weighted by Gasteiger charge is 2.27. The third-order valence-corrected chi connectivity index (χ3v) is 4.44. The Hall–Kier alpha value is -2.23. The van der Waals surface area contributed by atoms with Crippen molar-refractivity contribution in [2.24, 2.45) is 5.41 Å². The average Bonchev–Trinajstić information content (AvgIpc) is 2.54. The molecule has 1 aliphatic carbocycles. The molecule has 0 aliphatic heterocycles. The first-order chi connectivity index (χ1) is 11.2. The van der Waals surface area contributed by atoms with Crippen LogP contribution in [0.2, 0.25) is 0 Å². The van der Waals surface area contributed by atoms with Gasteiger partial charge >= 0.3 is 5.97 Å². The van der Waals surface area contributed by atoms with Gasteiger partial charge in [-0.1, -0.05) is 44.5 Å². The number of allylic oxidation sites excluding steroid dienone is 2. The van der Waals surface area contributed by atoms with Crippen LogP contribution in [0.4, 0.5) is 0 Å². The molecule has 1 aliphatic rings. The number of carbonyl (C=O) groups is 3. The van der Waals surface area contributed by atoms with Gasteiger partial charge in [0.15, 0.2) is 5.78 Å². The van der Waals surface area contributed by atoms with Gasteiger partial charge in [0.05, 0.1) is 5.56 Å². The lowest BCUT2D eigenvalue weighted by Crippen LogP contribution is -2.21. The Morgan fingerprint density at radius 1 is 1.21 bits per heavy atom. The van der Waals surface area contributed by atoms with E-state index in [1.807, 2.05) is 0 Å². The van der Waals surface area contributed by atoms with E-state index in [9.17, 15) is 14.4 Å². The maximum absolute atomic E-state index is 11.3. The molecule has 2 rings (SSSR count). The second kappa shape index (κ2) is 8.57. The topological polar surface area (TPSA) is 71.4 Å². The number of carboxylic acid groups (broad SMARTS) is 1. The minimum Gasteiger partial charge on any atom is -0.478 e. The molecule has 0 heterocycles. The van der Waals surface area contributed by atoms with E-state index in [1.165, 1.54) is 24.1 Å². The number of ketones is 1. The second-order valence-corrected chi connectivity index (χ2v) is 6.68. The van der Waals surface area contributed by atoms with Crippen molar-refractivity contribution < 1.29 is 19.5 Å². The van der Waals surface area contributed by atoms with Crippen molar-refractivity contribution in [1.82, 2.24) is 0 Å². The Kier molecular flexibility index (Phi) is 7.08. The van der Waals surface area contributed by atoms with E-state index in [2.05, 4.69) is 20.8 Å². The summed E-state index contributed by atoms with van der Waals surface area (Å²) in [6, 6.07) is 6.24. The molecule has 0 saturated heterocycles. The second-order valence-electron chi connectivity index (χ2n) is 6.68. The number of hydrogen-bond acceptors (Lipinski definition) is 3. The van der Waals surface area contributed by atoms with Gasteiger partial charge in [-0.2, -0.15) is 0 Å². The average molecular weight is 330 g/mol. The van der Waals surface area contributed by atoms with Crippen molar-refractivity contribution in [3.63, 3.8) is 0 Å². The van der Waals surface area contributed by atoms with E-state index in [0.29, 0.717) is 6.42 Å². The van der Waals surface area contributed by atoms with E-state index in [-0.39, 0.29) is 22.3 Å². The van der Waals surface area contributed by atoms with Crippen LogP contribution in [0.5, 0.6) is 0 Å². The van der Waals surface area contributed by atoms with Crippen molar-refractivity contribution in [2.45, 2.75) is 53.4 Å². The fourth-order valence-electron chi connectivity index (χ4n) is 3.01. The number of hydrogen-bond donors (Lipinski definition) is 1. The monoisotopic (exact) mass is 330 g/mol. The molecule has 0 aromatic heterocycles. The lowest BCUT2D eigenvalue weighted by Gasteiger charge is -2.31. The molecule has 4 nitrogen and oxygen atoms in total. The van der Waals surface area contributed by atoms with Gasteiger partial charge in [0.25, 0.3) is 0 Å². The van der Waals surface area contributed by atoms with Crippen molar-refractivity contribution >= 4 is 18.0 Å². The zero-order valence-corrected chi connectivity index (χ0v) is 14.9. The van der Waals surface area contributed by atoms with E-state index < -0.39 is 5.97 Å². The van der Waals surface area contributed by atoms with Crippen molar-refractivity contribution in [2.75, 3.05) is 0 Å². The molecule has 0 spiro atoms. The van der Waals surface area contributed by atoms with Gasteiger partial charge in [-0.3, -0.25) is 9.59 Å². The maximum Gasteiger partial charge on any atom is 0.336 e. The van der Waals surface area contributed by atoms with Gasteiger partial charge < -0.3 is 5.11 Å². The summed E-state index contributed by atoms with van der Waals surface area (Å²) in [7, 11) is 0. The number of carbonyl (C=O) groups excluding carboxylic acids is 2. The Bertz CT molecular complexity index is 653. The molecule has 1 aromatic rings. The molecule has 0 atom stereocenters. The van der Waals surface area contributed by atoms with E-state index in [4.69, 9.17) is 5.11 Å². The van der Waals surface area contributed by atoms with Crippen LogP contribution in [0.15, 0.2) is 35.4 Å². The fraction of sp³-hybridized carbons (Fsp3) is 0.450. The van der Waals surface area contributed by atoms with Gasteiger partial charge in [-0.25, -0.2) is 4.79 Å². The first kappa shape index (κ1) is 19.8. The Labute approximate surface area is 143 Å². The summed E-state index contributed by atoms with van der Waals surface area (Å²) in [6.45, 7) is 8.09. The summed E-state index contributed by atoms with van der Waals surface area (Å²) >= 11 is 0. The highest BCUT2D eigenvalue weighted by atomic mass is 16.4. The molecule has 0 bridgehead atoms. The van der Waals surface area contributed by atoms with Crippen molar-refractivity contribution in [3.05, 3.63) is 46.5 Å². The molecular formula is C20H26O4. The molecule has 4 heteroatoms. The van der Waals surface area contributed by atoms with Gasteiger partial charge in [-0.05, 0) is 43.2 Å². The standard InChI is InChI=1S/C10H10O3.C10H16O/c1-2-9(11)7-5-3-4-6-8(7)10(12)13;1-8-5-4-6-10(2,3)9(8)7-11/h3-6H,2H2,1H3,(H,12,13);7H,4-6H2,1-3H3. The molecular weight excluding hydrogens is 304 g/mol. The largest absolute Gasteiger partial charge is 0.478 e. The van der Waals surface area contributed by atoms with Crippen molar-refractivity contribution in [3.8, 4) is 0 Å². The number of Topliss-reactive ketones (excluding diaryl/α,β-unsaturated/α-hetero) is 1. The number of aldehydes is 1. The Balaban J connectivity index is 0.000000243. The normalized spacial score (nSPS) is 16.0. The van der Waals surface area contributed by atoms with Crippen LogP contribution < -0.4 is 0 Å². The van der Waals surface area contributed by atoms with E-state index in [0.717, 1.165) is 24.7 Å². The third-order valence-electron chi connectivity index (χ3n) is 4.44. The molecule has 0 radical (unpaired) electrons. The van der Waals surface area contributed by atoms with Crippen molar-refractivity contribution in [1.29, 1.82) is 0 Å². The van der Waals surface area contributed by atoms with Crippen LogP contribution in [0.1, 0.15) is 74.1 Å².